The fraction of sp³-hybridized carbons (Fsp3) is 0.739. The van der Waals surface area contributed by atoms with Crippen LogP contribution in [0.25, 0.3) is 0 Å². The van der Waals surface area contributed by atoms with Crippen LogP contribution in [0.4, 0.5) is 10.6 Å². The highest BCUT2D eigenvalue weighted by atomic mass is 16.6. The molecule has 1 fully saturated rings. The average Bonchev–Trinajstić information content (AvgIpc) is 2.63. The first kappa shape index (κ1) is 22.7. The maximum absolute atomic E-state index is 12.7. The summed E-state index contributed by atoms with van der Waals surface area (Å²) < 4.78 is 5.60. The van der Waals surface area contributed by atoms with Gasteiger partial charge in [-0.3, -0.25) is 9.80 Å². The molecule has 5 nitrogen and oxygen atoms in total. The van der Waals surface area contributed by atoms with E-state index in [1.54, 1.807) is 4.90 Å². The average molecular weight is 390 g/mol. The number of anilines is 1. The Labute approximate surface area is 171 Å². The molecule has 2 rings (SSSR count). The highest BCUT2D eigenvalue weighted by Gasteiger charge is 2.27. The lowest BCUT2D eigenvalue weighted by atomic mass is 9.96. The van der Waals surface area contributed by atoms with Crippen LogP contribution in [0.15, 0.2) is 18.3 Å². The van der Waals surface area contributed by atoms with Gasteiger partial charge in [0.15, 0.2) is 0 Å². The summed E-state index contributed by atoms with van der Waals surface area (Å²) in [5, 5.41) is 0. The van der Waals surface area contributed by atoms with Crippen molar-refractivity contribution in [2.45, 2.75) is 85.3 Å². The minimum Gasteiger partial charge on any atom is -0.443 e. The van der Waals surface area contributed by atoms with Crippen LogP contribution in [0.5, 0.6) is 0 Å². The van der Waals surface area contributed by atoms with Gasteiger partial charge in [0.05, 0.1) is 0 Å². The lowest BCUT2D eigenvalue weighted by Crippen LogP contribution is -2.39. The molecule has 0 unspecified atom stereocenters. The van der Waals surface area contributed by atoms with Gasteiger partial charge in [0.25, 0.3) is 0 Å². The number of pyridine rings is 1. The highest BCUT2D eigenvalue weighted by Crippen LogP contribution is 2.31. The zero-order valence-corrected chi connectivity index (χ0v) is 18.7. The summed E-state index contributed by atoms with van der Waals surface area (Å²) in [7, 11) is 0. The SMILES string of the molecule is CCCCN1CCCC[C@H]1c1ccc(N(CC(C)C)C(=O)OC(C)(C)C)nc1. The van der Waals surface area contributed by atoms with Crippen molar-refractivity contribution in [3.63, 3.8) is 0 Å². The van der Waals surface area contributed by atoms with Crippen molar-refractivity contribution in [3.8, 4) is 0 Å². The van der Waals surface area contributed by atoms with Crippen molar-refractivity contribution in [3.05, 3.63) is 23.9 Å². The van der Waals surface area contributed by atoms with Gasteiger partial charge in [0, 0.05) is 18.8 Å². The monoisotopic (exact) mass is 389 g/mol. The number of nitrogens with zero attached hydrogens (tertiary/aromatic N) is 3. The van der Waals surface area contributed by atoms with Crippen LogP contribution in [0.3, 0.4) is 0 Å². The number of unbranched alkanes of at least 4 members (excludes halogenated alkanes) is 1. The van der Waals surface area contributed by atoms with E-state index in [0.29, 0.717) is 24.3 Å². The van der Waals surface area contributed by atoms with E-state index in [-0.39, 0.29) is 6.09 Å². The topological polar surface area (TPSA) is 45.7 Å². The number of hydrogen-bond acceptors (Lipinski definition) is 4. The Morgan fingerprint density at radius 2 is 2.07 bits per heavy atom. The minimum absolute atomic E-state index is 0.330. The summed E-state index contributed by atoms with van der Waals surface area (Å²) in [5.74, 6) is 1.000. The largest absolute Gasteiger partial charge is 0.443 e. The number of carbonyl (C=O) groups is 1. The Morgan fingerprint density at radius 1 is 1.32 bits per heavy atom. The van der Waals surface area contributed by atoms with E-state index in [9.17, 15) is 4.79 Å². The van der Waals surface area contributed by atoms with Crippen LogP contribution in [0.2, 0.25) is 0 Å². The van der Waals surface area contributed by atoms with E-state index in [1.165, 1.54) is 44.2 Å². The number of rotatable bonds is 7. The van der Waals surface area contributed by atoms with Crippen molar-refractivity contribution < 1.29 is 9.53 Å². The molecule has 1 aliphatic heterocycles. The molecule has 0 radical (unpaired) electrons. The second kappa shape index (κ2) is 10.2. The first-order chi connectivity index (χ1) is 13.2. The van der Waals surface area contributed by atoms with Gasteiger partial charge >= 0.3 is 6.09 Å². The Hall–Kier alpha value is -1.62. The Morgan fingerprint density at radius 3 is 2.64 bits per heavy atom. The van der Waals surface area contributed by atoms with Crippen LogP contribution in [0.1, 0.15) is 85.3 Å². The number of carbonyl (C=O) groups excluding carboxylic acids is 1. The number of likely N-dealkylation sites (tertiary alicyclic amines) is 1. The first-order valence-corrected chi connectivity index (χ1v) is 10.9. The van der Waals surface area contributed by atoms with E-state index in [2.05, 4.69) is 36.7 Å². The molecule has 28 heavy (non-hydrogen) atoms. The molecule has 1 aromatic rings. The summed E-state index contributed by atoms with van der Waals surface area (Å²) in [6.45, 7) is 15.0. The van der Waals surface area contributed by atoms with Crippen LogP contribution < -0.4 is 4.90 Å². The fourth-order valence-corrected chi connectivity index (χ4v) is 3.70. The molecule has 0 spiro atoms. The molecule has 1 saturated heterocycles. The Balaban J connectivity index is 2.17. The third-order valence-corrected chi connectivity index (χ3v) is 5.01. The number of amides is 1. The maximum Gasteiger partial charge on any atom is 0.416 e. The second-order valence-corrected chi connectivity index (χ2v) is 9.34. The molecule has 2 heterocycles. The van der Waals surface area contributed by atoms with Crippen molar-refractivity contribution in [1.29, 1.82) is 0 Å². The van der Waals surface area contributed by atoms with Gasteiger partial charge in [0.1, 0.15) is 11.4 Å². The van der Waals surface area contributed by atoms with E-state index < -0.39 is 5.60 Å². The molecule has 0 bridgehead atoms. The zero-order valence-electron chi connectivity index (χ0n) is 18.7. The van der Waals surface area contributed by atoms with Gasteiger partial charge in [-0.15, -0.1) is 0 Å². The van der Waals surface area contributed by atoms with Crippen LogP contribution >= 0.6 is 0 Å². The molecule has 1 amide bonds. The van der Waals surface area contributed by atoms with Gasteiger partial charge in [-0.2, -0.15) is 0 Å². The first-order valence-electron chi connectivity index (χ1n) is 10.9. The molecule has 0 aliphatic carbocycles. The molecular formula is C23H39N3O2. The molecule has 5 heteroatoms. The number of ether oxygens (including phenoxy) is 1. The van der Waals surface area contributed by atoms with Gasteiger partial charge in [-0.05, 0) is 70.7 Å². The van der Waals surface area contributed by atoms with Gasteiger partial charge in [-0.1, -0.05) is 39.7 Å². The third-order valence-electron chi connectivity index (χ3n) is 5.01. The summed E-state index contributed by atoms with van der Waals surface area (Å²) in [6.07, 6.45) is 7.83. The van der Waals surface area contributed by atoms with Crippen LogP contribution in [-0.2, 0) is 4.74 Å². The zero-order chi connectivity index (χ0) is 20.7. The van der Waals surface area contributed by atoms with Crippen molar-refractivity contribution in [2.75, 3.05) is 24.5 Å². The smallest absolute Gasteiger partial charge is 0.416 e. The van der Waals surface area contributed by atoms with Gasteiger partial charge < -0.3 is 4.74 Å². The summed E-state index contributed by atoms with van der Waals surface area (Å²) in [4.78, 5) is 21.6. The molecule has 0 N–H and O–H groups in total. The molecular weight excluding hydrogens is 350 g/mol. The quantitative estimate of drug-likeness (QED) is 0.591. The Bertz CT molecular complexity index is 607. The van der Waals surface area contributed by atoms with E-state index in [1.807, 2.05) is 33.0 Å². The van der Waals surface area contributed by atoms with Crippen molar-refractivity contribution in [1.82, 2.24) is 9.88 Å². The molecule has 0 saturated carbocycles. The number of aromatic nitrogens is 1. The molecule has 1 atom stereocenters. The lowest BCUT2D eigenvalue weighted by molar-refractivity contribution is 0.0575. The summed E-state index contributed by atoms with van der Waals surface area (Å²) >= 11 is 0. The molecule has 1 aromatic heterocycles. The minimum atomic E-state index is -0.520. The number of piperidine rings is 1. The van der Waals surface area contributed by atoms with E-state index >= 15 is 0 Å². The fourth-order valence-electron chi connectivity index (χ4n) is 3.70. The lowest BCUT2D eigenvalue weighted by Gasteiger charge is -2.36. The molecule has 158 valence electrons. The van der Waals surface area contributed by atoms with Gasteiger partial charge in [-0.25, -0.2) is 9.78 Å². The van der Waals surface area contributed by atoms with Gasteiger partial charge in [0.2, 0.25) is 0 Å². The van der Waals surface area contributed by atoms with Crippen molar-refractivity contribution in [2.24, 2.45) is 5.92 Å². The van der Waals surface area contributed by atoms with Crippen LogP contribution in [-0.4, -0.2) is 41.2 Å². The second-order valence-electron chi connectivity index (χ2n) is 9.34. The molecule has 0 aromatic carbocycles. The summed E-state index contributed by atoms with van der Waals surface area (Å²) in [6, 6.07) is 4.57. The van der Waals surface area contributed by atoms with Crippen molar-refractivity contribution >= 4 is 11.9 Å². The number of hydrogen-bond donors (Lipinski definition) is 0. The standard InChI is InChI=1S/C23H39N3O2/c1-7-8-14-25-15-10-9-11-20(25)19-12-13-21(24-16-19)26(17-18(2)3)22(27)28-23(4,5)6/h12-13,16,18,20H,7-11,14-15,17H2,1-6H3/t20-/m0/s1. The maximum atomic E-state index is 12.7. The summed E-state index contributed by atoms with van der Waals surface area (Å²) in [5.41, 5.74) is 0.738. The third kappa shape index (κ3) is 6.77. The predicted molar refractivity (Wildman–Crippen MR) is 116 cm³/mol. The van der Waals surface area contributed by atoms with Crippen LogP contribution in [0, 0.1) is 5.92 Å². The normalized spacial score (nSPS) is 18.3. The van der Waals surface area contributed by atoms with E-state index in [0.717, 1.165) is 6.54 Å². The Kier molecular flexibility index (Phi) is 8.29. The predicted octanol–water partition coefficient (Wildman–Crippen LogP) is 5.81. The highest BCUT2D eigenvalue weighted by molar-refractivity contribution is 5.86. The van der Waals surface area contributed by atoms with E-state index in [4.69, 9.17) is 4.74 Å². The molecule has 1 aliphatic rings.